The maximum Gasteiger partial charge on any atom is 0.0910 e. The van der Waals surface area contributed by atoms with Gasteiger partial charge in [0.05, 0.1) is 11.5 Å². The van der Waals surface area contributed by atoms with Crippen molar-refractivity contribution in [2.45, 2.75) is 48.5 Å². The molecule has 4 unspecified atom stereocenters. The number of thioether (sulfide) groups is 1. The van der Waals surface area contributed by atoms with Crippen molar-refractivity contribution in [1.82, 2.24) is 4.90 Å². The predicted molar refractivity (Wildman–Crippen MR) is 60.2 cm³/mol. The summed E-state index contributed by atoms with van der Waals surface area (Å²) >= 11 is 1.93. The Morgan fingerprint density at radius 2 is 2.21 bits per heavy atom. The Bertz CT molecular complexity index is 203. The predicted octanol–water partition coefficient (Wildman–Crippen LogP) is 0.622. The number of hydrogen-bond acceptors (Lipinski definition) is 4. The average molecular weight is 216 g/mol. The van der Waals surface area contributed by atoms with Gasteiger partial charge in [0.25, 0.3) is 0 Å². The SMILES string of the molecule is CN1C2CCCCC2SC1C(O)CN. The van der Waals surface area contributed by atoms with E-state index >= 15 is 0 Å². The van der Waals surface area contributed by atoms with Gasteiger partial charge in [-0.05, 0) is 19.9 Å². The third-order valence-corrected chi connectivity index (χ3v) is 5.30. The average Bonchev–Trinajstić information content (AvgIpc) is 2.56. The summed E-state index contributed by atoms with van der Waals surface area (Å²) in [7, 11) is 2.13. The lowest BCUT2D eigenvalue weighted by Gasteiger charge is -2.30. The van der Waals surface area contributed by atoms with Gasteiger partial charge in [0.15, 0.2) is 0 Å². The van der Waals surface area contributed by atoms with E-state index in [1.165, 1.54) is 25.7 Å². The zero-order valence-electron chi connectivity index (χ0n) is 8.72. The van der Waals surface area contributed by atoms with Crippen LogP contribution in [0.1, 0.15) is 25.7 Å². The standard InChI is InChI=1S/C10H20N2OS/c1-12-7-4-2-3-5-9(7)14-10(12)8(13)6-11/h7-10,13H,2-6,11H2,1H3. The minimum atomic E-state index is -0.365. The van der Waals surface area contributed by atoms with Crippen LogP contribution in [0.5, 0.6) is 0 Å². The van der Waals surface area contributed by atoms with Gasteiger partial charge in [0.1, 0.15) is 0 Å². The van der Waals surface area contributed by atoms with Gasteiger partial charge in [0.2, 0.25) is 0 Å². The molecule has 82 valence electrons. The quantitative estimate of drug-likeness (QED) is 0.710. The molecule has 0 spiro atoms. The number of likely N-dealkylation sites (N-methyl/N-ethyl adjacent to an activating group) is 1. The lowest BCUT2D eigenvalue weighted by molar-refractivity contribution is 0.0945. The molecule has 2 fully saturated rings. The summed E-state index contributed by atoms with van der Waals surface area (Å²) in [6, 6.07) is 0.681. The Kier molecular flexibility index (Phi) is 3.37. The number of nitrogens with zero attached hydrogens (tertiary/aromatic N) is 1. The van der Waals surface area contributed by atoms with Crippen LogP contribution < -0.4 is 5.73 Å². The van der Waals surface area contributed by atoms with Crippen LogP contribution in [0.4, 0.5) is 0 Å². The van der Waals surface area contributed by atoms with Gasteiger partial charge >= 0.3 is 0 Å². The molecule has 1 aliphatic heterocycles. The van der Waals surface area contributed by atoms with Crippen LogP contribution in [-0.4, -0.2) is 46.4 Å². The molecule has 1 aliphatic carbocycles. The minimum Gasteiger partial charge on any atom is -0.389 e. The normalized spacial score (nSPS) is 40.9. The van der Waals surface area contributed by atoms with Crippen molar-refractivity contribution >= 4 is 11.8 Å². The number of aliphatic hydroxyl groups excluding tert-OH is 1. The molecule has 1 saturated carbocycles. The summed E-state index contributed by atoms with van der Waals surface area (Å²) in [4.78, 5) is 2.34. The van der Waals surface area contributed by atoms with Crippen molar-refractivity contribution in [3.63, 3.8) is 0 Å². The Morgan fingerprint density at radius 3 is 2.86 bits per heavy atom. The number of nitrogens with two attached hydrogens (primary N) is 1. The van der Waals surface area contributed by atoms with Crippen molar-refractivity contribution < 1.29 is 5.11 Å². The molecule has 4 heteroatoms. The first-order valence-corrected chi connectivity index (χ1v) is 6.44. The molecule has 14 heavy (non-hydrogen) atoms. The zero-order valence-corrected chi connectivity index (χ0v) is 9.54. The Morgan fingerprint density at radius 1 is 1.50 bits per heavy atom. The molecule has 2 rings (SSSR count). The highest BCUT2D eigenvalue weighted by molar-refractivity contribution is 8.00. The van der Waals surface area contributed by atoms with Gasteiger partial charge in [-0.25, -0.2) is 0 Å². The van der Waals surface area contributed by atoms with Crippen molar-refractivity contribution in [1.29, 1.82) is 0 Å². The molecule has 0 amide bonds. The van der Waals surface area contributed by atoms with Gasteiger partial charge < -0.3 is 10.8 Å². The topological polar surface area (TPSA) is 49.5 Å². The fourth-order valence-corrected chi connectivity index (χ4v) is 4.46. The summed E-state index contributed by atoms with van der Waals surface area (Å²) in [6.07, 6.45) is 4.94. The van der Waals surface area contributed by atoms with Crippen LogP contribution in [0.2, 0.25) is 0 Å². The number of aliphatic hydroxyl groups is 1. The van der Waals surface area contributed by atoms with E-state index in [9.17, 15) is 5.11 Å². The summed E-state index contributed by atoms with van der Waals surface area (Å²) in [5, 5.41) is 10.8. The molecule has 3 N–H and O–H groups in total. The van der Waals surface area contributed by atoms with E-state index in [0.717, 1.165) is 5.25 Å². The lowest BCUT2D eigenvalue weighted by atomic mass is 9.94. The zero-order chi connectivity index (χ0) is 10.1. The number of rotatable bonds is 2. The van der Waals surface area contributed by atoms with Gasteiger partial charge in [0, 0.05) is 17.8 Å². The van der Waals surface area contributed by atoms with Crippen LogP contribution in [0.25, 0.3) is 0 Å². The second-order valence-electron chi connectivity index (χ2n) is 4.39. The van der Waals surface area contributed by atoms with E-state index in [0.29, 0.717) is 12.6 Å². The molecule has 0 radical (unpaired) electrons. The lowest BCUT2D eigenvalue weighted by Crippen LogP contribution is -2.43. The minimum absolute atomic E-state index is 0.230. The van der Waals surface area contributed by atoms with Crippen molar-refractivity contribution in [3.8, 4) is 0 Å². The van der Waals surface area contributed by atoms with E-state index in [-0.39, 0.29) is 11.5 Å². The summed E-state index contributed by atoms with van der Waals surface area (Å²) in [6.45, 7) is 0.376. The van der Waals surface area contributed by atoms with E-state index in [1.807, 2.05) is 11.8 Å². The fraction of sp³-hybridized carbons (Fsp3) is 1.00. The summed E-state index contributed by atoms with van der Waals surface area (Å²) in [5.41, 5.74) is 5.51. The smallest absolute Gasteiger partial charge is 0.0910 e. The second kappa shape index (κ2) is 4.39. The summed E-state index contributed by atoms with van der Waals surface area (Å²) in [5.74, 6) is 0. The number of hydrogen-bond donors (Lipinski definition) is 2. The molecule has 0 aromatic rings. The molecule has 0 aromatic carbocycles. The third kappa shape index (κ3) is 1.81. The molecule has 0 bridgehead atoms. The molecule has 1 heterocycles. The first kappa shape index (κ1) is 10.7. The molecule has 3 nitrogen and oxygen atoms in total. The van der Waals surface area contributed by atoms with Crippen LogP contribution in [-0.2, 0) is 0 Å². The van der Waals surface area contributed by atoms with Crippen LogP contribution in [0.3, 0.4) is 0 Å². The maximum atomic E-state index is 9.79. The van der Waals surface area contributed by atoms with Gasteiger partial charge in [-0.2, -0.15) is 0 Å². The third-order valence-electron chi connectivity index (χ3n) is 3.48. The Hall–Kier alpha value is 0.230. The first-order chi connectivity index (χ1) is 6.74. The molecule has 4 atom stereocenters. The first-order valence-electron chi connectivity index (χ1n) is 5.49. The van der Waals surface area contributed by atoms with E-state index in [1.54, 1.807) is 0 Å². The van der Waals surface area contributed by atoms with Crippen molar-refractivity contribution in [3.05, 3.63) is 0 Å². The highest BCUT2D eigenvalue weighted by Crippen LogP contribution is 2.43. The second-order valence-corrected chi connectivity index (χ2v) is 5.75. The van der Waals surface area contributed by atoms with Gasteiger partial charge in [-0.1, -0.05) is 12.8 Å². The van der Waals surface area contributed by atoms with Crippen molar-refractivity contribution in [2.24, 2.45) is 5.73 Å². The summed E-state index contributed by atoms with van der Waals surface area (Å²) < 4.78 is 0. The molecule has 1 saturated heterocycles. The molecular weight excluding hydrogens is 196 g/mol. The fourth-order valence-electron chi connectivity index (χ4n) is 2.64. The van der Waals surface area contributed by atoms with E-state index in [2.05, 4.69) is 11.9 Å². The maximum absolute atomic E-state index is 9.79. The van der Waals surface area contributed by atoms with Crippen molar-refractivity contribution in [2.75, 3.05) is 13.6 Å². The van der Waals surface area contributed by atoms with E-state index < -0.39 is 0 Å². The Balaban J connectivity index is 2.02. The molecule has 2 aliphatic rings. The molecule has 0 aromatic heterocycles. The Labute approximate surface area is 90.0 Å². The highest BCUT2D eigenvalue weighted by atomic mass is 32.2. The van der Waals surface area contributed by atoms with Crippen LogP contribution >= 0.6 is 11.8 Å². The number of fused-ring (bicyclic) bond motifs is 1. The monoisotopic (exact) mass is 216 g/mol. The van der Waals surface area contributed by atoms with Gasteiger partial charge in [-0.3, -0.25) is 4.90 Å². The molecular formula is C10H20N2OS. The largest absolute Gasteiger partial charge is 0.389 e. The van der Waals surface area contributed by atoms with Crippen LogP contribution in [0.15, 0.2) is 0 Å². The van der Waals surface area contributed by atoms with Gasteiger partial charge in [-0.15, -0.1) is 11.8 Å². The van der Waals surface area contributed by atoms with Crippen LogP contribution in [0, 0.1) is 0 Å². The van der Waals surface area contributed by atoms with E-state index in [4.69, 9.17) is 5.73 Å². The highest BCUT2D eigenvalue weighted by Gasteiger charge is 2.42.